The summed E-state index contributed by atoms with van der Waals surface area (Å²) in [5.41, 5.74) is 1.57. The maximum absolute atomic E-state index is 13.6. The Morgan fingerprint density at radius 3 is 2.59 bits per heavy atom. The van der Waals surface area contributed by atoms with Crippen molar-refractivity contribution in [1.29, 1.82) is 0 Å². The van der Waals surface area contributed by atoms with E-state index in [0.29, 0.717) is 68.4 Å². The highest BCUT2D eigenvalue weighted by Gasteiger charge is 2.29. The van der Waals surface area contributed by atoms with Crippen LogP contribution in [0.25, 0.3) is 11.3 Å². The van der Waals surface area contributed by atoms with Gasteiger partial charge in [-0.1, -0.05) is 11.6 Å². The molecule has 194 valence electrons. The fourth-order valence-corrected chi connectivity index (χ4v) is 5.02. The quantitative estimate of drug-likeness (QED) is 0.445. The molecule has 4 heterocycles. The van der Waals surface area contributed by atoms with E-state index in [1.807, 2.05) is 6.07 Å². The SMILES string of the molecule is C[C@@H]1COCCN1c1nc(-c2ccc(F)cc2)cc(N2CCN(c3ncc(OC=O)cc3Cl)C[C@@H]2C)n1. The third-order valence-corrected chi connectivity index (χ3v) is 6.95. The first-order chi connectivity index (χ1) is 17.9. The van der Waals surface area contributed by atoms with Crippen LogP contribution >= 0.6 is 11.6 Å². The lowest BCUT2D eigenvalue weighted by atomic mass is 10.1. The number of morpholine rings is 1. The van der Waals surface area contributed by atoms with Crippen LogP contribution in [-0.2, 0) is 9.53 Å². The molecule has 9 nitrogen and oxygen atoms in total. The van der Waals surface area contributed by atoms with Crippen LogP contribution in [0.5, 0.6) is 5.75 Å². The number of piperazine rings is 1. The molecule has 2 saturated heterocycles. The molecule has 2 atom stereocenters. The van der Waals surface area contributed by atoms with E-state index >= 15 is 0 Å². The minimum Gasteiger partial charge on any atom is -0.427 e. The first kappa shape index (κ1) is 25.2. The zero-order valence-corrected chi connectivity index (χ0v) is 21.4. The van der Waals surface area contributed by atoms with Gasteiger partial charge in [-0.15, -0.1) is 0 Å². The number of hydrogen-bond donors (Lipinski definition) is 0. The predicted molar refractivity (Wildman–Crippen MR) is 140 cm³/mol. The zero-order chi connectivity index (χ0) is 25.9. The van der Waals surface area contributed by atoms with Gasteiger partial charge in [0.25, 0.3) is 6.47 Å². The molecule has 2 aromatic heterocycles. The van der Waals surface area contributed by atoms with Crippen molar-refractivity contribution >= 4 is 35.7 Å². The zero-order valence-electron chi connectivity index (χ0n) is 20.7. The van der Waals surface area contributed by atoms with Crippen LogP contribution in [0.1, 0.15) is 13.8 Å². The number of pyridine rings is 1. The lowest BCUT2D eigenvalue weighted by Gasteiger charge is -2.42. The number of anilines is 3. The Morgan fingerprint density at radius 1 is 1.08 bits per heavy atom. The minimum absolute atomic E-state index is 0.0865. The van der Waals surface area contributed by atoms with Crippen LogP contribution in [0.2, 0.25) is 5.02 Å². The summed E-state index contributed by atoms with van der Waals surface area (Å²) in [5.74, 6) is 2.10. The smallest absolute Gasteiger partial charge is 0.298 e. The van der Waals surface area contributed by atoms with E-state index in [1.165, 1.54) is 18.3 Å². The number of halogens is 2. The van der Waals surface area contributed by atoms with E-state index in [-0.39, 0.29) is 17.9 Å². The Labute approximate surface area is 219 Å². The highest BCUT2D eigenvalue weighted by Crippen LogP contribution is 2.32. The Hall–Kier alpha value is -3.50. The summed E-state index contributed by atoms with van der Waals surface area (Å²) in [5, 5.41) is 0.421. The number of benzene rings is 1. The van der Waals surface area contributed by atoms with E-state index in [2.05, 4.69) is 33.5 Å². The van der Waals surface area contributed by atoms with Crippen LogP contribution in [0.4, 0.5) is 22.0 Å². The van der Waals surface area contributed by atoms with E-state index in [0.717, 1.165) is 17.1 Å². The summed E-state index contributed by atoms with van der Waals surface area (Å²) in [6.07, 6.45) is 1.49. The molecule has 0 saturated carbocycles. The second-order valence-electron chi connectivity index (χ2n) is 9.21. The van der Waals surface area contributed by atoms with Crippen molar-refractivity contribution in [2.45, 2.75) is 25.9 Å². The molecule has 0 amide bonds. The molecule has 2 aliphatic heterocycles. The van der Waals surface area contributed by atoms with Crippen molar-refractivity contribution in [3.8, 4) is 17.0 Å². The van der Waals surface area contributed by atoms with Crippen molar-refractivity contribution in [3.63, 3.8) is 0 Å². The van der Waals surface area contributed by atoms with Crippen LogP contribution < -0.4 is 19.4 Å². The van der Waals surface area contributed by atoms with Gasteiger partial charge in [0.1, 0.15) is 17.5 Å². The van der Waals surface area contributed by atoms with Gasteiger partial charge in [-0.05, 0) is 38.1 Å². The highest BCUT2D eigenvalue weighted by molar-refractivity contribution is 6.33. The van der Waals surface area contributed by atoms with Crippen molar-refractivity contribution in [2.24, 2.45) is 0 Å². The van der Waals surface area contributed by atoms with Crippen molar-refractivity contribution < 1.29 is 18.7 Å². The van der Waals surface area contributed by atoms with Gasteiger partial charge < -0.3 is 24.2 Å². The molecule has 0 aliphatic carbocycles. The average molecular weight is 527 g/mol. The van der Waals surface area contributed by atoms with Crippen LogP contribution in [0.3, 0.4) is 0 Å². The lowest BCUT2D eigenvalue weighted by molar-refractivity contribution is -0.120. The molecule has 11 heteroatoms. The van der Waals surface area contributed by atoms with Gasteiger partial charge in [-0.3, -0.25) is 4.79 Å². The summed E-state index contributed by atoms with van der Waals surface area (Å²) in [6.45, 7) is 8.51. The number of rotatable bonds is 6. The summed E-state index contributed by atoms with van der Waals surface area (Å²) in [4.78, 5) is 31.4. The number of nitrogens with zero attached hydrogens (tertiary/aromatic N) is 6. The highest BCUT2D eigenvalue weighted by atomic mass is 35.5. The van der Waals surface area contributed by atoms with Gasteiger partial charge >= 0.3 is 0 Å². The predicted octanol–water partition coefficient (Wildman–Crippen LogP) is 3.81. The molecule has 37 heavy (non-hydrogen) atoms. The van der Waals surface area contributed by atoms with Crippen molar-refractivity contribution in [2.75, 3.05) is 54.1 Å². The molecule has 1 aromatic carbocycles. The van der Waals surface area contributed by atoms with Crippen LogP contribution in [-0.4, -0.2) is 72.9 Å². The van der Waals surface area contributed by atoms with Gasteiger partial charge in [0.2, 0.25) is 5.95 Å². The maximum Gasteiger partial charge on any atom is 0.298 e. The number of hydrogen-bond acceptors (Lipinski definition) is 9. The Morgan fingerprint density at radius 2 is 1.89 bits per heavy atom. The van der Waals surface area contributed by atoms with Gasteiger partial charge in [-0.2, -0.15) is 4.98 Å². The summed E-state index contributed by atoms with van der Waals surface area (Å²) in [6, 6.07) is 10.1. The van der Waals surface area contributed by atoms with E-state index < -0.39 is 0 Å². The third kappa shape index (κ3) is 5.45. The average Bonchev–Trinajstić information content (AvgIpc) is 2.89. The molecule has 5 rings (SSSR count). The second-order valence-corrected chi connectivity index (χ2v) is 9.62. The van der Waals surface area contributed by atoms with E-state index in [1.54, 1.807) is 18.2 Å². The lowest BCUT2D eigenvalue weighted by Crippen LogP contribution is -2.53. The number of carbonyl (C=O) groups excluding carboxylic acids is 1. The maximum atomic E-state index is 13.6. The van der Waals surface area contributed by atoms with Gasteiger partial charge in [0.05, 0.1) is 36.2 Å². The number of ether oxygens (including phenoxy) is 2. The molecule has 0 N–H and O–H groups in total. The molecule has 0 spiro atoms. The molecule has 0 unspecified atom stereocenters. The van der Waals surface area contributed by atoms with Crippen LogP contribution in [0.15, 0.2) is 42.6 Å². The first-order valence-corrected chi connectivity index (χ1v) is 12.6. The van der Waals surface area contributed by atoms with Crippen LogP contribution in [0, 0.1) is 5.82 Å². The number of carbonyl (C=O) groups is 1. The molecular formula is C26H28ClFN6O3. The molecular weight excluding hydrogens is 499 g/mol. The fraction of sp³-hybridized carbons (Fsp3) is 0.385. The fourth-order valence-electron chi connectivity index (χ4n) is 4.75. The van der Waals surface area contributed by atoms with E-state index in [9.17, 15) is 9.18 Å². The van der Waals surface area contributed by atoms with Gasteiger partial charge in [0.15, 0.2) is 5.75 Å². The second kappa shape index (κ2) is 10.9. The molecule has 3 aromatic rings. The summed E-state index contributed by atoms with van der Waals surface area (Å²) < 4.78 is 24.1. The first-order valence-electron chi connectivity index (χ1n) is 12.2. The summed E-state index contributed by atoms with van der Waals surface area (Å²) in [7, 11) is 0. The molecule has 0 bridgehead atoms. The van der Waals surface area contributed by atoms with Crippen molar-refractivity contribution in [3.05, 3.63) is 53.4 Å². The van der Waals surface area contributed by atoms with Crippen molar-refractivity contribution in [1.82, 2.24) is 15.0 Å². The Bertz CT molecular complexity index is 1260. The molecule has 2 aliphatic rings. The third-order valence-electron chi connectivity index (χ3n) is 6.67. The van der Waals surface area contributed by atoms with Gasteiger partial charge in [-0.25, -0.2) is 14.4 Å². The van der Waals surface area contributed by atoms with Gasteiger partial charge in [0, 0.05) is 49.9 Å². The van der Waals surface area contributed by atoms with E-state index in [4.69, 9.17) is 31.0 Å². The standard InChI is InChI=1S/C26H28ClFN6O3/c1-17-14-32(25-22(27)11-21(13-29-25)37-16-35)7-8-33(17)24-12-23(19-3-5-20(28)6-4-19)30-26(31-24)34-9-10-36-15-18(34)2/h3-6,11-13,16-18H,7-10,14-15H2,1-2H3/t17-,18+/m0/s1. The monoisotopic (exact) mass is 526 g/mol. The summed E-state index contributed by atoms with van der Waals surface area (Å²) >= 11 is 6.44. The minimum atomic E-state index is -0.289. The Balaban J connectivity index is 1.43. The normalized spacial score (nSPS) is 20.2. The topological polar surface area (TPSA) is 83.9 Å². The Kier molecular flexibility index (Phi) is 7.38. The molecule has 2 fully saturated rings. The molecule has 0 radical (unpaired) electrons. The number of aromatic nitrogens is 3. The largest absolute Gasteiger partial charge is 0.427 e.